The first-order valence-electron chi connectivity index (χ1n) is 9.55. The molecule has 0 heterocycles. The average molecular weight is 341 g/mol. The summed E-state index contributed by atoms with van der Waals surface area (Å²) >= 11 is 0. The van der Waals surface area contributed by atoms with E-state index in [2.05, 4.69) is 20.9 Å². The third-order valence-electron chi connectivity index (χ3n) is 3.92. The molecule has 1 saturated carbocycles. The Hall–Kier alpha value is -1.30. The Bertz CT molecular complexity index is 366. The number of aliphatic imine (C=N–C) groups is 1. The van der Waals surface area contributed by atoms with Crippen molar-refractivity contribution in [3.63, 3.8) is 0 Å². The van der Waals surface area contributed by atoms with E-state index in [-0.39, 0.29) is 11.9 Å². The lowest BCUT2D eigenvalue weighted by atomic mass is 9.98. The van der Waals surface area contributed by atoms with E-state index in [1.807, 2.05) is 20.8 Å². The van der Waals surface area contributed by atoms with Gasteiger partial charge in [0.15, 0.2) is 5.96 Å². The monoisotopic (exact) mass is 340 g/mol. The second-order valence-electron chi connectivity index (χ2n) is 6.64. The zero-order valence-corrected chi connectivity index (χ0v) is 15.7. The van der Waals surface area contributed by atoms with Crippen LogP contribution in [-0.2, 0) is 9.53 Å². The number of nitrogens with zero attached hydrogens (tertiary/aromatic N) is 1. The number of amides is 1. The van der Waals surface area contributed by atoms with Crippen LogP contribution in [0.1, 0.15) is 65.7 Å². The fourth-order valence-electron chi connectivity index (χ4n) is 2.77. The first-order valence-corrected chi connectivity index (χ1v) is 9.55. The highest BCUT2D eigenvalue weighted by Gasteiger charge is 2.12. The number of hydrogen-bond acceptors (Lipinski definition) is 3. The van der Waals surface area contributed by atoms with Crippen molar-refractivity contribution in [2.45, 2.75) is 77.9 Å². The van der Waals surface area contributed by atoms with E-state index >= 15 is 0 Å². The summed E-state index contributed by atoms with van der Waals surface area (Å²) in [4.78, 5) is 16.2. The molecular formula is C18H36N4O2. The van der Waals surface area contributed by atoms with Gasteiger partial charge in [-0.3, -0.25) is 9.79 Å². The molecule has 0 spiro atoms. The summed E-state index contributed by atoms with van der Waals surface area (Å²) in [5, 5.41) is 9.29. The van der Waals surface area contributed by atoms with E-state index in [4.69, 9.17) is 4.74 Å². The van der Waals surface area contributed by atoms with Crippen LogP contribution in [0.15, 0.2) is 4.99 Å². The lowest BCUT2D eigenvalue weighted by Crippen LogP contribution is -2.40. The van der Waals surface area contributed by atoms with Gasteiger partial charge in [0.1, 0.15) is 0 Å². The Kier molecular flexibility index (Phi) is 11.3. The van der Waals surface area contributed by atoms with Crippen LogP contribution < -0.4 is 16.0 Å². The van der Waals surface area contributed by atoms with Gasteiger partial charge in [0, 0.05) is 38.7 Å². The van der Waals surface area contributed by atoms with Crippen molar-refractivity contribution in [2.24, 2.45) is 4.99 Å². The summed E-state index contributed by atoms with van der Waals surface area (Å²) < 4.78 is 5.91. The Morgan fingerprint density at radius 1 is 1.21 bits per heavy atom. The van der Waals surface area contributed by atoms with Gasteiger partial charge in [-0.05, 0) is 40.0 Å². The maximum atomic E-state index is 11.6. The molecule has 140 valence electrons. The van der Waals surface area contributed by atoms with Gasteiger partial charge < -0.3 is 20.7 Å². The molecule has 1 fully saturated rings. The molecule has 0 radical (unpaired) electrons. The normalized spacial score (nSPS) is 16.2. The SMILES string of the molecule is CCNC(=NCCCOC1CCCCC1)NCCC(=O)NC(C)C. The molecular weight excluding hydrogens is 304 g/mol. The molecule has 24 heavy (non-hydrogen) atoms. The molecule has 0 aromatic heterocycles. The van der Waals surface area contributed by atoms with Crippen molar-refractivity contribution in [3.05, 3.63) is 0 Å². The van der Waals surface area contributed by atoms with Gasteiger partial charge in [0.25, 0.3) is 0 Å². The van der Waals surface area contributed by atoms with Crippen LogP contribution in [0.5, 0.6) is 0 Å². The minimum Gasteiger partial charge on any atom is -0.378 e. The Morgan fingerprint density at radius 3 is 2.62 bits per heavy atom. The van der Waals surface area contributed by atoms with Crippen LogP contribution in [0.25, 0.3) is 0 Å². The predicted octanol–water partition coefficient (Wildman–Crippen LogP) is 2.20. The van der Waals surface area contributed by atoms with Gasteiger partial charge >= 0.3 is 0 Å². The van der Waals surface area contributed by atoms with Crippen molar-refractivity contribution in [1.82, 2.24) is 16.0 Å². The highest BCUT2D eigenvalue weighted by Crippen LogP contribution is 2.20. The van der Waals surface area contributed by atoms with Gasteiger partial charge in [0.2, 0.25) is 5.91 Å². The van der Waals surface area contributed by atoms with Gasteiger partial charge in [0.05, 0.1) is 6.10 Å². The van der Waals surface area contributed by atoms with Crippen LogP contribution in [0.3, 0.4) is 0 Å². The number of rotatable bonds is 10. The summed E-state index contributed by atoms with van der Waals surface area (Å²) in [7, 11) is 0. The largest absolute Gasteiger partial charge is 0.378 e. The number of guanidine groups is 1. The summed E-state index contributed by atoms with van der Waals surface area (Å²) in [6.45, 7) is 8.88. The van der Waals surface area contributed by atoms with E-state index in [0.29, 0.717) is 19.1 Å². The van der Waals surface area contributed by atoms with Crippen molar-refractivity contribution in [1.29, 1.82) is 0 Å². The summed E-state index contributed by atoms with van der Waals surface area (Å²) in [6, 6.07) is 0.184. The van der Waals surface area contributed by atoms with E-state index in [1.165, 1.54) is 32.1 Å². The van der Waals surface area contributed by atoms with Crippen LogP contribution in [0, 0.1) is 0 Å². The van der Waals surface area contributed by atoms with Gasteiger partial charge in [-0.2, -0.15) is 0 Å². The van der Waals surface area contributed by atoms with Crippen LogP contribution >= 0.6 is 0 Å². The molecule has 1 amide bonds. The lowest BCUT2D eigenvalue weighted by Gasteiger charge is -2.21. The number of nitrogens with one attached hydrogen (secondary N) is 3. The molecule has 0 aromatic rings. The lowest BCUT2D eigenvalue weighted by molar-refractivity contribution is -0.121. The third kappa shape index (κ3) is 10.5. The molecule has 6 heteroatoms. The maximum absolute atomic E-state index is 11.6. The molecule has 1 rings (SSSR count). The first kappa shape index (κ1) is 20.7. The van der Waals surface area contributed by atoms with E-state index < -0.39 is 0 Å². The van der Waals surface area contributed by atoms with E-state index in [0.717, 1.165) is 32.1 Å². The zero-order valence-electron chi connectivity index (χ0n) is 15.7. The average Bonchev–Trinajstić information content (AvgIpc) is 2.54. The molecule has 1 aliphatic carbocycles. The molecule has 3 N–H and O–H groups in total. The van der Waals surface area contributed by atoms with Crippen LogP contribution in [0.2, 0.25) is 0 Å². The highest BCUT2D eigenvalue weighted by molar-refractivity contribution is 5.81. The Labute approximate surface area is 147 Å². The van der Waals surface area contributed by atoms with Crippen molar-refractivity contribution < 1.29 is 9.53 Å². The van der Waals surface area contributed by atoms with E-state index in [1.54, 1.807) is 0 Å². The van der Waals surface area contributed by atoms with Crippen LogP contribution in [0.4, 0.5) is 0 Å². The molecule has 0 aromatic carbocycles. The molecule has 0 aliphatic heterocycles. The second-order valence-corrected chi connectivity index (χ2v) is 6.64. The fraction of sp³-hybridized carbons (Fsp3) is 0.889. The third-order valence-corrected chi connectivity index (χ3v) is 3.92. The smallest absolute Gasteiger partial charge is 0.221 e. The predicted molar refractivity (Wildman–Crippen MR) is 99.3 cm³/mol. The first-order chi connectivity index (χ1) is 11.6. The number of carbonyl (C=O) groups is 1. The highest BCUT2D eigenvalue weighted by atomic mass is 16.5. The minimum atomic E-state index is 0.0641. The molecule has 0 unspecified atom stereocenters. The maximum Gasteiger partial charge on any atom is 0.221 e. The zero-order chi connectivity index (χ0) is 17.6. The van der Waals surface area contributed by atoms with Crippen molar-refractivity contribution >= 4 is 11.9 Å². The van der Waals surface area contributed by atoms with Gasteiger partial charge in [-0.25, -0.2) is 0 Å². The molecule has 0 saturated heterocycles. The van der Waals surface area contributed by atoms with Crippen molar-refractivity contribution in [2.75, 3.05) is 26.2 Å². The Morgan fingerprint density at radius 2 is 1.96 bits per heavy atom. The van der Waals surface area contributed by atoms with Crippen LogP contribution in [-0.4, -0.2) is 50.3 Å². The van der Waals surface area contributed by atoms with E-state index in [9.17, 15) is 4.79 Å². The molecule has 0 atom stereocenters. The molecule has 6 nitrogen and oxygen atoms in total. The quantitative estimate of drug-likeness (QED) is 0.324. The van der Waals surface area contributed by atoms with Gasteiger partial charge in [-0.15, -0.1) is 0 Å². The number of ether oxygens (including phenoxy) is 1. The standard InChI is InChI=1S/C18H36N4O2/c1-4-19-18(21-13-11-17(23)22-15(2)3)20-12-8-14-24-16-9-6-5-7-10-16/h15-16H,4-14H2,1-3H3,(H,22,23)(H2,19,20,21). The van der Waals surface area contributed by atoms with Crippen molar-refractivity contribution in [3.8, 4) is 0 Å². The van der Waals surface area contributed by atoms with Gasteiger partial charge in [-0.1, -0.05) is 19.3 Å². The second kappa shape index (κ2) is 13.0. The number of carbonyl (C=O) groups excluding carboxylic acids is 1. The Balaban J connectivity index is 2.15. The summed E-state index contributed by atoms with van der Waals surface area (Å²) in [5.41, 5.74) is 0. The minimum absolute atomic E-state index is 0.0641. The topological polar surface area (TPSA) is 74.8 Å². The number of hydrogen-bond donors (Lipinski definition) is 3. The molecule has 1 aliphatic rings. The summed E-state index contributed by atoms with van der Waals surface area (Å²) in [6.07, 6.45) is 8.25. The molecule has 0 bridgehead atoms. The summed E-state index contributed by atoms with van der Waals surface area (Å²) in [5.74, 6) is 0.835. The fourth-order valence-corrected chi connectivity index (χ4v) is 2.77.